The van der Waals surface area contributed by atoms with Gasteiger partial charge in [0, 0.05) is 62.2 Å². The van der Waals surface area contributed by atoms with Crippen molar-refractivity contribution in [2.75, 3.05) is 38.2 Å². The lowest BCUT2D eigenvalue weighted by Gasteiger charge is -2.37. The SMILES string of the molecule is COc1ccccc1C(CC(=O)N1CCN(c2cccc(C(F)(F)F)c2)CC1)c1cnc2ccccn12. The number of imidazole rings is 1. The molecule has 0 N–H and O–H groups in total. The number of para-hydroxylation sites is 1. The molecule has 1 aliphatic rings. The van der Waals surface area contributed by atoms with Crippen LogP contribution in [0.2, 0.25) is 0 Å². The zero-order chi connectivity index (χ0) is 26.0. The summed E-state index contributed by atoms with van der Waals surface area (Å²) in [6.45, 7) is 1.78. The number of aromatic nitrogens is 2. The van der Waals surface area contributed by atoms with Crippen molar-refractivity contribution in [1.29, 1.82) is 0 Å². The predicted octanol–water partition coefficient (Wildman–Crippen LogP) is 5.23. The van der Waals surface area contributed by atoms with E-state index in [1.54, 1.807) is 24.3 Å². The van der Waals surface area contributed by atoms with Crippen LogP contribution in [0.3, 0.4) is 0 Å². The molecule has 0 bridgehead atoms. The number of hydrogen-bond donors (Lipinski definition) is 0. The number of carbonyl (C=O) groups is 1. The van der Waals surface area contributed by atoms with Gasteiger partial charge in [-0.1, -0.05) is 30.3 Å². The molecule has 2 aromatic carbocycles. The summed E-state index contributed by atoms with van der Waals surface area (Å²) in [5, 5.41) is 0. The van der Waals surface area contributed by atoms with Crippen molar-refractivity contribution in [2.24, 2.45) is 0 Å². The number of hydrogen-bond acceptors (Lipinski definition) is 4. The number of nitrogens with zero attached hydrogens (tertiary/aromatic N) is 4. The summed E-state index contributed by atoms with van der Waals surface area (Å²) < 4.78 is 47.0. The molecule has 9 heteroatoms. The van der Waals surface area contributed by atoms with Crippen LogP contribution in [0.25, 0.3) is 5.65 Å². The molecule has 192 valence electrons. The normalized spacial score (nSPS) is 15.1. The summed E-state index contributed by atoms with van der Waals surface area (Å²) in [6.07, 6.45) is -0.449. The van der Waals surface area contributed by atoms with Crippen molar-refractivity contribution in [3.8, 4) is 5.75 Å². The minimum Gasteiger partial charge on any atom is -0.496 e. The molecule has 1 amide bonds. The minimum atomic E-state index is -4.39. The Morgan fingerprint density at radius 1 is 1.00 bits per heavy atom. The van der Waals surface area contributed by atoms with Gasteiger partial charge in [0.15, 0.2) is 0 Å². The first-order valence-corrected chi connectivity index (χ1v) is 12.1. The van der Waals surface area contributed by atoms with Crippen LogP contribution in [0.4, 0.5) is 18.9 Å². The van der Waals surface area contributed by atoms with E-state index in [0.29, 0.717) is 37.6 Å². The number of amides is 1. The lowest BCUT2D eigenvalue weighted by Crippen LogP contribution is -2.49. The van der Waals surface area contributed by atoms with Crippen LogP contribution in [0.1, 0.15) is 29.2 Å². The number of pyridine rings is 1. The van der Waals surface area contributed by atoms with E-state index in [1.807, 2.05) is 58.0 Å². The van der Waals surface area contributed by atoms with E-state index >= 15 is 0 Å². The molecule has 37 heavy (non-hydrogen) atoms. The number of halogens is 3. The predicted molar refractivity (Wildman–Crippen MR) is 135 cm³/mol. The van der Waals surface area contributed by atoms with Gasteiger partial charge < -0.3 is 18.9 Å². The fraction of sp³-hybridized carbons (Fsp3) is 0.286. The Morgan fingerprint density at radius 3 is 2.51 bits per heavy atom. The summed E-state index contributed by atoms with van der Waals surface area (Å²) in [4.78, 5) is 21.7. The first-order valence-electron chi connectivity index (χ1n) is 12.1. The second-order valence-electron chi connectivity index (χ2n) is 9.03. The Labute approximate surface area is 212 Å². The van der Waals surface area contributed by atoms with Crippen LogP contribution in [0.5, 0.6) is 5.75 Å². The van der Waals surface area contributed by atoms with Crippen LogP contribution in [0.15, 0.2) is 79.1 Å². The number of fused-ring (bicyclic) bond motifs is 1. The Balaban J connectivity index is 1.35. The van der Waals surface area contributed by atoms with E-state index in [2.05, 4.69) is 4.98 Å². The molecule has 4 aromatic rings. The molecular weight excluding hydrogens is 481 g/mol. The summed E-state index contributed by atoms with van der Waals surface area (Å²) in [5.74, 6) is 0.383. The van der Waals surface area contributed by atoms with Gasteiger partial charge >= 0.3 is 6.18 Å². The van der Waals surface area contributed by atoms with Gasteiger partial charge in [-0.3, -0.25) is 4.79 Å². The third-order valence-corrected chi connectivity index (χ3v) is 6.87. The number of benzene rings is 2. The second kappa shape index (κ2) is 10.2. The number of anilines is 1. The number of piperazine rings is 1. The van der Waals surface area contributed by atoms with Crippen LogP contribution >= 0.6 is 0 Å². The Morgan fingerprint density at radius 2 is 1.76 bits per heavy atom. The number of carbonyl (C=O) groups excluding carboxylic acids is 1. The van der Waals surface area contributed by atoms with Crippen molar-refractivity contribution >= 4 is 17.2 Å². The number of alkyl halides is 3. The average Bonchev–Trinajstić information content (AvgIpc) is 3.35. The summed E-state index contributed by atoms with van der Waals surface area (Å²) in [6, 6.07) is 18.7. The molecule has 1 fully saturated rings. The van der Waals surface area contributed by atoms with Crippen LogP contribution in [-0.2, 0) is 11.0 Å². The Bertz CT molecular complexity index is 1390. The van der Waals surface area contributed by atoms with Crippen LogP contribution in [-0.4, -0.2) is 53.5 Å². The maximum absolute atomic E-state index is 13.5. The van der Waals surface area contributed by atoms with Gasteiger partial charge in [-0.2, -0.15) is 13.2 Å². The highest BCUT2D eigenvalue weighted by atomic mass is 19.4. The maximum atomic E-state index is 13.5. The summed E-state index contributed by atoms with van der Waals surface area (Å²) >= 11 is 0. The van der Waals surface area contributed by atoms with Gasteiger partial charge in [-0.05, 0) is 36.4 Å². The fourth-order valence-corrected chi connectivity index (χ4v) is 4.93. The zero-order valence-electron chi connectivity index (χ0n) is 20.4. The quantitative estimate of drug-likeness (QED) is 0.358. The Kier molecular flexibility index (Phi) is 6.78. The molecule has 0 spiro atoms. The third-order valence-electron chi connectivity index (χ3n) is 6.87. The molecule has 6 nitrogen and oxygen atoms in total. The third kappa shape index (κ3) is 5.12. The molecule has 3 heterocycles. The molecular formula is C28H27F3N4O2. The van der Waals surface area contributed by atoms with Crippen LogP contribution < -0.4 is 9.64 Å². The van der Waals surface area contributed by atoms with Crippen molar-refractivity contribution in [3.05, 3.63) is 95.9 Å². The molecule has 5 rings (SSSR count). The lowest BCUT2D eigenvalue weighted by atomic mass is 9.91. The van der Waals surface area contributed by atoms with Gasteiger partial charge in [0.2, 0.25) is 5.91 Å². The molecule has 0 aliphatic carbocycles. The fourth-order valence-electron chi connectivity index (χ4n) is 4.93. The van der Waals surface area contributed by atoms with Crippen molar-refractivity contribution in [2.45, 2.75) is 18.5 Å². The van der Waals surface area contributed by atoms with Crippen molar-refractivity contribution in [1.82, 2.24) is 14.3 Å². The highest BCUT2D eigenvalue weighted by molar-refractivity contribution is 5.78. The second-order valence-corrected chi connectivity index (χ2v) is 9.03. The van der Waals surface area contributed by atoms with Gasteiger partial charge in [0.05, 0.1) is 18.4 Å². The highest BCUT2D eigenvalue weighted by Gasteiger charge is 2.32. The monoisotopic (exact) mass is 508 g/mol. The maximum Gasteiger partial charge on any atom is 0.416 e. The molecule has 2 aromatic heterocycles. The molecule has 1 aliphatic heterocycles. The molecule has 1 atom stereocenters. The highest BCUT2D eigenvalue weighted by Crippen LogP contribution is 2.36. The van der Waals surface area contributed by atoms with E-state index in [0.717, 1.165) is 23.0 Å². The number of rotatable bonds is 6. The van der Waals surface area contributed by atoms with Crippen LogP contribution in [0, 0.1) is 0 Å². The van der Waals surface area contributed by atoms with E-state index < -0.39 is 11.7 Å². The molecule has 1 unspecified atom stereocenters. The standard InChI is InChI=1S/C28H27F3N4O2/c1-37-25-10-3-2-9-22(25)23(24-19-32-26-11-4-5-12-35(24)26)18-27(36)34-15-13-33(14-16-34)21-8-6-7-20(17-21)28(29,30)31/h2-12,17,19,23H,13-16,18H2,1H3. The average molecular weight is 509 g/mol. The Hall–Kier alpha value is -4.01. The van der Waals surface area contributed by atoms with Gasteiger partial charge in [-0.15, -0.1) is 0 Å². The molecule has 0 radical (unpaired) electrons. The summed E-state index contributed by atoms with van der Waals surface area (Å²) in [5.41, 5.74) is 2.41. The molecule has 1 saturated heterocycles. The van der Waals surface area contributed by atoms with Crippen molar-refractivity contribution < 1.29 is 22.7 Å². The largest absolute Gasteiger partial charge is 0.496 e. The first-order chi connectivity index (χ1) is 17.8. The molecule has 0 saturated carbocycles. The summed E-state index contributed by atoms with van der Waals surface area (Å²) in [7, 11) is 1.61. The van der Waals surface area contributed by atoms with Crippen molar-refractivity contribution in [3.63, 3.8) is 0 Å². The van der Waals surface area contributed by atoms with Gasteiger partial charge in [0.1, 0.15) is 11.4 Å². The number of methoxy groups -OCH3 is 1. The topological polar surface area (TPSA) is 50.1 Å². The zero-order valence-corrected chi connectivity index (χ0v) is 20.4. The van der Waals surface area contributed by atoms with Gasteiger partial charge in [0.25, 0.3) is 0 Å². The smallest absolute Gasteiger partial charge is 0.416 e. The first kappa shape index (κ1) is 24.7. The minimum absolute atomic E-state index is 0.0227. The van der Waals surface area contributed by atoms with E-state index in [-0.39, 0.29) is 18.2 Å². The van der Waals surface area contributed by atoms with E-state index in [4.69, 9.17) is 4.74 Å². The number of ether oxygens (including phenoxy) is 1. The van der Waals surface area contributed by atoms with E-state index in [1.165, 1.54) is 12.1 Å². The van der Waals surface area contributed by atoms with Gasteiger partial charge in [-0.25, -0.2) is 4.98 Å². The van der Waals surface area contributed by atoms with E-state index in [9.17, 15) is 18.0 Å². The lowest BCUT2D eigenvalue weighted by molar-refractivity contribution is -0.137.